The molecule has 0 saturated carbocycles. The molecule has 0 atom stereocenters. The molecule has 0 aliphatic heterocycles. The number of aromatic nitrogens is 3. The van der Waals surface area contributed by atoms with E-state index >= 15 is 0 Å². The van der Waals surface area contributed by atoms with Gasteiger partial charge in [0.25, 0.3) is 0 Å². The van der Waals surface area contributed by atoms with Gasteiger partial charge in [0.15, 0.2) is 5.16 Å². The lowest BCUT2D eigenvalue weighted by atomic mass is 10.3. The second-order valence-electron chi connectivity index (χ2n) is 3.95. The number of pyridine rings is 1. The number of nitrogens with two attached hydrogens (primary N) is 1. The Morgan fingerprint density at radius 1 is 1.26 bits per heavy atom. The van der Waals surface area contributed by atoms with Gasteiger partial charge in [-0.05, 0) is 36.0 Å². The molecular weight excluding hydrogens is 260 g/mol. The molecule has 3 aromatic rings. The van der Waals surface area contributed by atoms with E-state index in [-0.39, 0.29) is 0 Å². The number of nitrogens with one attached hydrogen (secondary N) is 1. The van der Waals surface area contributed by atoms with Crippen LogP contribution in [0.1, 0.15) is 0 Å². The topological polar surface area (TPSA) is 76.8 Å². The highest BCUT2D eigenvalue weighted by molar-refractivity contribution is 7.99. The van der Waals surface area contributed by atoms with E-state index in [2.05, 4.69) is 15.0 Å². The number of rotatable bonds is 3. The molecule has 0 radical (unpaired) electrons. The van der Waals surface area contributed by atoms with Crippen LogP contribution in [0.15, 0.2) is 46.7 Å². The average molecular weight is 272 g/mol. The lowest BCUT2D eigenvalue weighted by Gasteiger charge is -1.97. The number of fused-ring (bicyclic) bond motifs is 1. The van der Waals surface area contributed by atoms with Crippen molar-refractivity contribution in [3.05, 3.63) is 36.5 Å². The van der Waals surface area contributed by atoms with Crippen molar-refractivity contribution in [3.8, 4) is 5.75 Å². The van der Waals surface area contributed by atoms with Crippen LogP contribution < -0.4 is 10.5 Å². The highest BCUT2D eigenvalue weighted by Gasteiger charge is 2.06. The van der Waals surface area contributed by atoms with Gasteiger partial charge in [-0.2, -0.15) is 0 Å². The van der Waals surface area contributed by atoms with Crippen LogP contribution in [-0.2, 0) is 0 Å². The molecule has 5 nitrogen and oxygen atoms in total. The van der Waals surface area contributed by atoms with Crippen LogP contribution in [0.5, 0.6) is 5.75 Å². The van der Waals surface area contributed by atoms with Gasteiger partial charge in [-0.1, -0.05) is 0 Å². The molecule has 3 rings (SSSR count). The van der Waals surface area contributed by atoms with Crippen molar-refractivity contribution in [1.29, 1.82) is 0 Å². The molecule has 0 saturated heterocycles. The highest BCUT2D eigenvalue weighted by Crippen LogP contribution is 2.27. The van der Waals surface area contributed by atoms with Gasteiger partial charge in [0.2, 0.25) is 0 Å². The first-order valence-corrected chi connectivity index (χ1v) is 6.49. The second-order valence-corrected chi connectivity index (χ2v) is 4.96. The summed E-state index contributed by atoms with van der Waals surface area (Å²) in [6.45, 7) is 0. The molecule has 1 aromatic carbocycles. The fraction of sp³-hybridized carbons (Fsp3) is 0.0769. The predicted molar refractivity (Wildman–Crippen MR) is 75.4 cm³/mol. The normalized spacial score (nSPS) is 10.8. The molecule has 19 heavy (non-hydrogen) atoms. The summed E-state index contributed by atoms with van der Waals surface area (Å²) in [5.41, 5.74) is 8.25. The summed E-state index contributed by atoms with van der Waals surface area (Å²) in [6, 6.07) is 9.29. The minimum absolute atomic E-state index is 0.690. The van der Waals surface area contributed by atoms with Crippen molar-refractivity contribution in [1.82, 2.24) is 15.0 Å². The fourth-order valence-electron chi connectivity index (χ4n) is 1.72. The number of hydrogen-bond acceptors (Lipinski definition) is 5. The summed E-state index contributed by atoms with van der Waals surface area (Å²) in [5, 5.41) is 1.59. The number of nitrogen functional groups attached to an aromatic ring is 1. The first-order valence-electron chi connectivity index (χ1n) is 5.68. The molecule has 0 fully saturated rings. The third-order valence-corrected chi connectivity index (χ3v) is 3.45. The molecular formula is C13H12N4OS. The quantitative estimate of drug-likeness (QED) is 0.766. The number of benzene rings is 1. The molecule has 6 heteroatoms. The molecule has 2 heterocycles. The lowest BCUT2D eigenvalue weighted by molar-refractivity contribution is 0.415. The van der Waals surface area contributed by atoms with Gasteiger partial charge in [-0.3, -0.25) is 0 Å². The van der Waals surface area contributed by atoms with Crippen molar-refractivity contribution in [2.24, 2.45) is 0 Å². The summed E-state index contributed by atoms with van der Waals surface area (Å²) in [6.07, 6.45) is 1.68. The number of anilines is 1. The zero-order valence-corrected chi connectivity index (χ0v) is 11.1. The molecule has 0 spiro atoms. The van der Waals surface area contributed by atoms with E-state index in [1.807, 2.05) is 24.3 Å². The van der Waals surface area contributed by atoms with Crippen LogP contribution >= 0.6 is 11.8 Å². The molecule has 0 aliphatic rings. The Balaban J connectivity index is 1.93. The van der Waals surface area contributed by atoms with Crippen LogP contribution in [0.25, 0.3) is 11.0 Å². The molecule has 96 valence electrons. The Morgan fingerprint density at radius 3 is 2.95 bits per heavy atom. The number of ether oxygens (including phenoxy) is 1. The minimum atomic E-state index is 0.690. The largest absolute Gasteiger partial charge is 0.497 e. The van der Waals surface area contributed by atoms with Crippen LogP contribution in [0.3, 0.4) is 0 Å². The summed E-state index contributed by atoms with van der Waals surface area (Å²) in [7, 11) is 1.64. The Labute approximate surface area is 114 Å². The van der Waals surface area contributed by atoms with Gasteiger partial charge in [-0.15, -0.1) is 0 Å². The van der Waals surface area contributed by atoms with Gasteiger partial charge in [0.1, 0.15) is 10.8 Å². The third-order valence-electron chi connectivity index (χ3n) is 2.63. The number of methoxy groups -OCH3 is 1. The first kappa shape index (κ1) is 11.9. The molecule has 3 N–H and O–H groups in total. The third kappa shape index (κ3) is 2.48. The van der Waals surface area contributed by atoms with Gasteiger partial charge in [-0.25, -0.2) is 9.97 Å². The van der Waals surface area contributed by atoms with Crippen LogP contribution in [-0.4, -0.2) is 22.1 Å². The van der Waals surface area contributed by atoms with E-state index in [0.29, 0.717) is 5.69 Å². The van der Waals surface area contributed by atoms with E-state index in [1.165, 1.54) is 11.8 Å². The van der Waals surface area contributed by atoms with E-state index in [4.69, 9.17) is 10.5 Å². The number of imidazole rings is 1. The van der Waals surface area contributed by atoms with Gasteiger partial charge >= 0.3 is 0 Å². The molecule has 0 aliphatic carbocycles. The van der Waals surface area contributed by atoms with Crippen LogP contribution in [0.2, 0.25) is 0 Å². The first-order chi connectivity index (χ1) is 9.24. The fourth-order valence-corrected chi connectivity index (χ4v) is 2.53. The summed E-state index contributed by atoms with van der Waals surface area (Å²) in [4.78, 5) is 12.0. The smallest absolute Gasteiger partial charge is 0.172 e. The van der Waals surface area contributed by atoms with Gasteiger partial charge in [0, 0.05) is 18.0 Å². The van der Waals surface area contributed by atoms with Crippen molar-refractivity contribution in [2.75, 3.05) is 12.8 Å². The zero-order chi connectivity index (χ0) is 13.2. The average Bonchev–Trinajstić information content (AvgIpc) is 2.79. The predicted octanol–water partition coefficient (Wildman–Crippen LogP) is 2.70. The van der Waals surface area contributed by atoms with Crippen LogP contribution in [0, 0.1) is 0 Å². The molecule has 0 bridgehead atoms. The SMILES string of the molecule is COc1ccc2nc(Sc3cc(N)ccn3)[nH]c2c1. The number of H-pyrrole nitrogens is 1. The minimum Gasteiger partial charge on any atom is -0.497 e. The zero-order valence-electron chi connectivity index (χ0n) is 10.3. The second kappa shape index (κ2) is 4.81. The highest BCUT2D eigenvalue weighted by atomic mass is 32.2. The van der Waals surface area contributed by atoms with Crippen molar-refractivity contribution in [3.63, 3.8) is 0 Å². The Hall–Kier alpha value is -2.21. The summed E-state index contributed by atoms with van der Waals surface area (Å²) >= 11 is 1.44. The molecule has 2 aromatic heterocycles. The Morgan fingerprint density at radius 2 is 2.16 bits per heavy atom. The van der Waals surface area contributed by atoms with E-state index in [1.54, 1.807) is 19.4 Å². The van der Waals surface area contributed by atoms with Crippen molar-refractivity contribution in [2.45, 2.75) is 10.2 Å². The van der Waals surface area contributed by atoms with Gasteiger partial charge < -0.3 is 15.5 Å². The Bertz CT molecular complexity index is 725. The molecule has 0 amide bonds. The Kier molecular flexibility index (Phi) is 3.00. The van der Waals surface area contributed by atoms with E-state index < -0.39 is 0 Å². The number of nitrogens with zero attached hydrogens (tertiary/aromatic N) is 2. The van der Waals surface area contributed by atoms with Crippen LogP contribution in [0.4, 0.5) is 5.69 Å². The monoisotopic (exact) mass is 272 g/mol. The van der Waals surface area contributed by atoms with Crippen molar-refractivity contribution >= 4 is 28.5 Å². The summed E-state index contributed by atoms with van der Waals surface area (Å²) in [5.74, 6) is 0.801. The molecule has 0 unspecified atom stereocenters. The lowest BCUT2D eigenvalue weighted by Crippen LogP contribution is -1.87. The maximum atomic E-state index is 5.72. The van der Waals surface area contributed by atoms with Crippen molar-refractivity contribution < 1.29 is 4.74 Å². The number of aromatic amines is 1. The number of hydrogen-bond donors (Lipinski definition) is 2. The maximum Gasteiger partial charge on any atom is 0.172 e. The van der Waals surface area contributed by atoms with E-state index in [9.17, 15) is 0 Å². The summed E-state index contributed by atoms with van der Waals surface area (Å²) < 4.78 is 5.18. The maximum absolute atomic E-state index is 5.72. The van der Waals surface area contributed by atoms with Gasteiger partial charge in [0.05, 0.1) is 18.1 Å². The van der Waals surface area contributed by atoms with E-state index in [0.717, 1.165) is 27.0 Å². The standard InChI is InChI=1S/C13H12N4OS/c1-18-9-2-3-10-11(7-9)17-13(16-10)19-12-6-8(14)4-5-15-12/h2-7H,1H3,(H2,14,15)(H,16,17).